The first-order chi connectivity index (χ1) is 10.0. The maximum atomic E-state index is 11.8. The van der Waals surface area contributed by atoms with Crippen LogP contribution in [0.2, 0.25) is 5.02 Å². The van der Waals surface area contributed by atoms with Crippen LogP contribution in [-0.2, 0) is 7.05 Å². The third-order valence-electron chi connectivity index (χ3n) is 3.17. The Morgan fingerprint density at radius 3 is 2.76 bits per heavy atom. The largest absolute Gasteiger partial charge is 0.496 e. The van der Waals surface area contributed by atoms with E-state index in [1.807, 2.05) is 0 Å². The molecule has 0 bridgehead atoms. The Balaban J connectivity index is 2.35. The molecule has 2 aromatic heterocycles. The molecule has 0 fully saturated rings. The van der Waals surface area contributed by atoms with Gasteiger partial charge in [0.2, 0.25) is 0 Å². The Morgan fingerprint density at radius 2 is 2.05 bits per heavy atom. The fourth-order valence-electron chi connectivity index (χ4n) is 2.10. The van der Waals surface area contributed by atoms with E-state index in [9.17, 15) is 9.59 Å². The average Bonchev–Trinajstić information content (AvgIpc) is 2.90. The Bertz CT molecular complexity index is 954. The quantitative estimate of drug-likeness (QED) is 0.746. The number of hydrogen-bond donors (Lipinski definition) is 2. The lowest BCUT2D eigenvalue weighted by atomic mass is 10.2. The summed E-state index contributed by atoms with van der Waals surface area (Å²) in [6.45, 7) is 0. The minimum Gasteiger partial charge on any atom is -0.496 e. The highest BCUT2D eigenvalue weighted by molar-refractivity contribution is 6.30. The van der Waals surface area contributed by atoms with Crippen LogP contribution in [0.3, 0.4) is 0 Å². The van der Waals surface area contributed by atoms with Crippen LogP contribution >= 0.6 is 11.6 Å². The summed E-state index contributed by atoms with van der Waals surface area (Å²) in [4.78, 5) is 32.8. The highest BCUT2D eigenvalue weighted by Gasteiger charge is 2.15. The molecular weight excluding hydrogens is 296 g/mol. The van der Waals surface area contributed by atoms with Crippen LogP contribution in [0.5, 0.6) is 5.75 Å². The molecule has 21 heavy (non-hydrogen) atoms. The molecule has 0 unspecified atom stereocenters. The zero-order chi connectivity index (χ0) is 15.1. The molecule has 7 nitrogen and oxygen atoms in total. The number of aryl methyl sites for hydroxylation is 1. The number of benzene rings is 1. The van der Waals surface area contributed by atoms with Gasteiger partial charge in [0.25, 0.3) is 5.56 Å². The molecule has 0 aliphatic rings. The molecule has 0 spiro atoms. The molecule has 0 saturated carbocycles. The van der Waals surface area contributed by atoms with Gasteiger partial charge >= 0.3 is 5.69 Å². The van der Waals surface area contributed by atoms with E-state index in [1.54, 1.807) is 18.2 Å². The molecule has 3 rings (SSSR count). The van der Waals surface area contributed by atoms with Gasteiger partial charge in [-0.25, -0.2) is 9.78 Å². The Labute approximate surface area is 123 Å². The van der Waals surface area contributed by atoms with Crippen molar-refractivity contribution in [1.82, 2.24) is 19.5 Å². The summed E-state index contributed by atoms with van der Waals surface area (Å²) in [6.07, 6.45) is 0. The second-order valence-electron chi connectivity index (χ2n) is 4.45. The van der Waals surface area contributed by atoms with E-state index in [0.717, 1.165) is 0 Å². The van der Waals surface area contributed by atoms with Crippen molar-refractivity contribution >= 4 is 22.8 Å². The molecule has 0 radical (unpaired) electrons. The number of hydrogen-bond acceptors (Lipinski definition) is 4. The molecule has 0 amide bonds. The lowest BCUT2D eigenvalue weighted by molar-refractivity contribution is 0.416. The van der Waals surface area contributed by atoms with Crippen molar-refractivity contribution in [2.45, 2.75) is 0 Å². The van der Waals surface area contributed by atoms with Crippen molar-refractivity contribution in [2.24, 2.45) is 7.05 Å². The van der Waals surface area contributed by atoms with Gasteiger partial charge in [-0.05, 0) is 18.2 Å². The number of rotatable bonds is 2. The molecule has 2 heterocycles. The fourth-order valence-corrected chi connectivity index (χ4v) is 2.27. The molecule has 3 aromatic rings. The van der Waals surface area contributed by atoms with E-state index in [1.165, 1.54) is 18.7 Å². The van der Waals surface area contributed by atoms with Gasteiger partial charge in [-0.3, -0.25) is 14.3 Å². The van der Waals surface area contributed by atoms with E-state index < -0.39 is 11.2 Å². The molecule has 0 atom stereocenters. The minimum absolute atomic E-state index is 0.217. The number of aromatic amines is 2. The van der Waals surface area contributed by atoms with Gasteiger partial charge in [0.15, 0.2) is 5.65 Å². The second kappa shape index (κ2) is 4.78. The first-order valence-corrected chi connectivity index (χ1v) is 6.42. The summed E-state index contributed by atoms with van der Waals surface area (Å²) in [5.74, 6) is 0.955. The third kappa shape index (κ3) is 2.11. The van der Waals surface area contributed by atoms with E-state index in [-0.39, 0.29) is 11.2 Å². The number of ether oxygens (including phenoxy) is 1. The molecule has 0 aliphatic carbocycles. The molecule has 108 valence electrons. The van der Waals surface area contributed by atoms with Crippen LogP contribution < -0.4 is 16.0 Å². The van der Waals surface area contributed by atoms with Crippen LogP contribution in [-0.4, -0.2) is 26.6 Å². The number of imidazole rings is 1. The zero-order valence-corrected chi connectivity index (χ0v) is 12.0. The topological polar surface area (TPSA) is 92.8 Å². The summed E-state index contributed by atoms with van der Waals surface area (Å²) < 4.78 is 6.52. The fraction of sp³-hybridized carbons (Fsp3) is 0.154. The van der Waals surface area contributed by atoms with Gasteiger partial charge in [0.1, 0.15) is 17.1 Å². The van der Waals surface area contributed by atoms with Crippen LogP contribution in [0.1, 0.15) is 0 Å². The number of halogens is 1. The normalized spacial score (nSPS) is 11.0. The molecule has 0 aliphatic heterocycles. The van der Waals surface area contributed by atoms with Gasteiger partial charge in [-0.15, -0.1) is 0 Å². The molecule has 8 heteroatoms. The molecule has 2 N–H and O–H groups in total. The van der Waals surface area contributed by atoms with Crippen LogP contribution in [0, 0.1) is 0 Å². The van der Waals surface area contributed by atoms with Crippen LogP contribution in [0.25, 0.3) is 22.6 Å². The van der Waals surface area contributed by atoms with E-state index in [4.69, 9.17) is 16.3 Å². The summed E-state index contributed by atoms with van der Waals surface area (Å²) in [7, 11) is 3.05. The standard InChI is InChI=1S/C13H11ClN4O3/c1-18-11-9(12(19)17-13(18)20)15-10(16-11)7-5-6(14)3-4-8(7)21-2/h3-5H,1-2H3,(H,15,16)(H,17,19,20). The van der Waals surface area contributed by atoms with Gasteiger partial charge in [0.05, 0.1) is 12.7 Å². The van der Waals surface area contributed by atoms with Crippen LogP contribution in [0.15, 0.2) is 27.8 Å². The number of aromatic nitrogens is 4. The van der Waals surface area contributed by atoms with E-state index >= 15 is 0 Å². The van der Waals surface area contributed by atoms with Crippen molar-refractivity contribution in [3.05, 3.63) is 44.1 Å². The average molecular weight is 307 g/mol. The van der Waals surface area contributed by atoms with E-state index in [2.05, 4.69) is 15.0 Å². The van der Waals surface area contributed by atoms with Gasteiger partial charge in [0, 0.05) is 12.1 Å². The van der Waals surface area contributed by atoms with Crippen molar-refractivity contribution in [3.8, 4) is 17.1 Å². The number of nitrogens with zero attached hydrogens (tertiary/aromatic N) is 2. The van der Waals surface area contributed by atoms with Crippen LogP contribution in [0.4, 0.5) is 0 Å². The third-order valence-corrected chi connectivity index (χ3v) is 3.41. The number of nitrogens with one attached hydrogen (secondary N) is 2. The van der Waals surface area contributed by atoms with Crippen molar-refractivity contribution < 1.29 is 4.74 Å². The van der Waals surface area contributed by atoms with Crippen molar-refractivity contribution in [1.29, 1.82) is 0 Å². The van der Waals surface area contributed by atoms with Gasteiger partial charge < -0.3 is 9.72 Å². The maximum absolute atomic E-state index is 11.8. The lowest BCUT2D eigenvalue weighted by Gasteiger charge is -2.05. The van der Waals surface area contributed by atoms with Crippen molar-refractivity contribution in [2.75, 3.05) is 7.11 Å². The summed E-state index contributed by atoms with van der Waals surface area (Å²) in [6, 6.07) is 5.06. The Hall–Kier alpha value is -2.54. The Morgan fingerprint density at radius 1 is 1.29 bits per heavy atom. The summed E-state index contributed by atoms with van der Waals surface area (Å²) in [5.41, 5.74) is 0.0411. The summed E-state index contributed by atoms with van der Waals surface area (Å²) in [5, 5.41) is 0.508. The zero-order valence-electron chi connectivity index (χ0n) is 11.2. The van der Waals surface area contributed by atoms with Gasteiger partial charge in [-0.1, -0.05) is 11.6 Å². The minimum atomic E-state index is -0.524. The number of H-pyrrole nitrogens is 2. The molecule has 1 aromatic carbocycles. The van der Waals surface area contributed by atoms with E-state index in [0.29, 0.717) is 22.2 Å². The lowest BCUT2D eigenvalue weighted by Crippen LogP contribution is -2.28. The monoisotopic (exact) mass is 306 g/mol. The first-order valence-electron chi connectivity index (χ1n) is 6.04. The predicted octanol–water partition coefficient (Wildman–Crippen LogP) is 1.28. The Kier molecular flexibility index (Phi) is 3.06. The highest BCUT2D eigenvalue weighted by atomic mass is 35.5. The molecular formula is C13H11ClN4O3. The molecule has 0 saturated heterocycles. The smallest absolute Gasteiger partial charge is 0.329 e. The SMILES string of the molecule is COc1ccc(Cl)cc1-c1nc2c([nH]1)c(=O)[nH]c(=O)n2C. The first kappa shape index (κ1) is 13.4. The highest BCUT2D eigenvalue weighted by Crippen LogP contribution is 2.31. The number of methoxy groups -OCH3 is 1. The predicted molar refractivity (Wildman–Crippen MR) is 79.0 cm³/mol. The van der Waals surface area contributed by atoms with Crippen molar-refractivity contribution in [3.63, 3.8) is 0 Å². The van der Waals surface area contributed by atoms with Gasteiger partial charge in [-0.2, -0.15) is 0 Å². The summed E-state index contributed by atoms with van der Waals surface area (Å²) >= 11 is 5.99. The maximum Gasteiger partial charge on any atom is 0.329 e. The number of fused-ring (bicyclic) bond motifs is 1. The second-order valence-corrected chi connectivity index (χ2v) is 4.88.